The normalized spacial score (nSPS) is 16.9. The Morgan fingerprint density at radius 3 is 2.35 bits per heavy atom. The first-order valence-corrected chi connectivity index (χ1v) is 7.89. The van der Waals surface area contributed by atoms with Gasteiger partial charge in [0.25, 0.3) is 0 Å². The van der Waals surface area contributed by atoms with Crippen molar-refractivity contribution in [3.8, 4) is 0 Å². The Bertz CT molecular complexity index is 548. The highest BCUT2D eigenvalue weighted by Crippen LogP contribution is 2.19. The molecule has 0 aromatic heterocycles. The lowest BCUT2D eigenvalue weighted by molar-refractivity contribution is -0.137. The third kappa shape index (κ3) is 5.04. The van der Waals surface area contributed by atoms with Crippen molar-refractivity contribution < 1.29 is 19.4 Å². The number of amides is 2. The van der Waals surface area contributed by atoms with E-state index in [-0.39, 0.29) is 6.54 Å². The number of benzene rings is 1. The van der Waals surface area contributed by atoms with Crippen LogP contribution in [0, 0.1) is 0 Å². The van der Waals surface area contributed by atoms with Crippen molar-refractivity contribution in [3.63, 3.8) is 0 Å². The van der Waals surface area contributed by atoms with Gasteiger partial charge in [0.1, 0.15) is 0 Å². The van der Waals surface area contributed by atoms with Gasteiger partial charge in [-0.2, -0.15) is 0 Å². The molecule has 0 atom stereocenters. The van der Waals surface area contributed by atoms with Gasteiger partial charge >= 0.3 is 11.8 Å². The predicted octanol–water partition coefficient (Wildman–Crippen LogP) is 1.41. The standard InChI is InChI=1S/C17H24N2O4/c1-12(2)13-3-5-14(6-4-13)19-16(21)15(20)18-11-17(22)7-9-23-10-8-17/h3-6,12,22H,7-11H2,1-2H3,(H,18,20)(H,19,21). The van der Waals surface area contributed by atoms with Crippen LogP contribution in [0.25, 0.3) is 0 Å². The lowest BCUT2D eigenvalue weighted by Gasteiger charge is -2.31. The molecule has 126 valence electrons. The first-order valence-electron chi connectivity index (χ1n) is 7.89. The van der Waals surface area contributed by atoms with Crippen molar-refractivity contribution in [3.05, 3.63) is 29.8 Å². The molecule has 6 nitrogen and oxygen atoms in total. The molecule has 6 heteroatoms. The maximum absolute atomic E-state index is 11.9. The lowest BCUT2D eigenvalue weighted by Crippen LogP contribution is -2.48. The molecule has 1 saturated heterocycles. The molecule has 1 aromatic carbocycles. The molecule has 0 bridgehead atoms. The largest absolute Gasteiger partial charge is 0.388 e. The molecule has 1 aliphatic rings. The summed E-state index contributed by atoms with van der Waals surface area (Å²) in [6, 6.07) is 7.38. The van der Waals surface area contributed by atoms with Crippen LogP contribution in [0.5, 0.6) is 0 Å². The molecule has 1 aromatic rings. The number of rotatable bonds is 4. The number of aliphatic hydroxyl groups is 1. The Labute approximate surface area is 136 Å². The van der Waals surface area contributed by atoms with Gasteiger partial charge in [-0.25, -0.2) is 0 Å². The van der Waals surface area contributed by atoms with E-state index < -0.39 is 17.4 Å². The maximum atomic E-state index is 11.9. The minimum atomic E-state index is -0.993. The van der Waals surface area contributed by atoms with E-state index >= 15 is 0 Å². The van der Waals surface area contributed by atoms with Crippen LogP contribution in [0.15, 0.2) is 24.3 Å². The van der Waals surface area contributed by atoms with Gasteiger partial charge in [0.05, 0.1) is 5.60 Å². The van der Waals surface area contributed by atoms with E-state index in [4.69, 9.17) is 4.74 Å². The SMILES string of the molecule is CC(C)c1ccc(NC(=O)C(=O)NCC2(O)CCOCC2)cc1. The Balaban J connectivity index is 1.83. The minimum Gasteiger partial charge on any atom is -0.388 e. The van der Waals surface area contributed by atoms with Crippen molar-refractivity contribution in [2.24, 2.45) is 0 Å². The van der Waals surface area contributed by atoms with Crippen LogP contribution in [0.4, 0.5) is 5.69 Å². The van der Waals surface area contributed by atoms with Crippen LogP contribution in [0.2, 0.25) is 0 Å². The second-order valence-electron chi connectivity index (χ2n) is 6.25. The van der Waals surface area contributed by atoms with Crippen molar-refractivity contribution in [1.29, 1.82) is 0 Å². The molecule has 0 radical (unpaired) electrons. The van der Waals surface area contributed by atoms with Crippen LogP contribution in [0.3, 0.4) is 0 Å². The summed E-state index contributed by atoms with van der Waals surface area (Å²) < 4.78 is 5.17. The summed E-state index contributed by atoms with van der Waals surface area (Å²) in [5.41, 5.74) is 0.737. The number of carbonyl (C=O) groups excluding carboxylic acids is 2. The average molecular weight is 320 g/mol. The third-order valence-electron chi connectivity index (χ3n) is 4.04. The number of carbonyl (C=O) groups is 2. The second kappa shape index (κ2) is 7.57. The van der Waals surface area contributed by atoms with Gasteiger partial charge in [-0.3, -0.25) is 9.59 Å². The summed E-state index contributed by atoms with van der Waals surface area (Å²) in [5.74, 6) is -1.08. The summed E-state index contributed by atoms with van der Waals surface area (Å²) in [4.78, 5) is 23.7. The highest BCUT2D eigenvalue weighted by Gasteiger charge is 2.30. The van der Waals surface area contributed by atoms with Crippen molar-refractivity contribution in [2.45, 2.75) is 38.2 Å². The van der Waals surface area contributed by atoms with Gasteiger partial charge in [0.2, 0.25) is 0 Å². The molecule has 1 aliphatic heterocycles. The van der Waals surface area contributed by atoms with Gasteiger partial charge in [0, 0.05) is 38.3 Å². The molecule has 1 heterocycles. The quantitative estimate of drug-likeness (QED) is 0.732. The van der Waals surface area contributed by atoms with Gasteiger partial charge in [-0.1, -0.05) is 26.0 Å². The van der Waals surface area contributed by atoms with E-state index in [0.717, 1.165) is 5.56 Å². The fourth-order valence-electron chi connectivity index (χ4n) is 2.39. The summed E-state index contributed by atoms with van der Waals surface area (Å²) in [7, 11) is 0. The Morgan fingerprint density at radius 1 is 1.17 bits per heavy atom. The maximum Gasteiger partial charge on any atom is 0.313 e. The van der Waals surface area contributed by atoms with E-state index in [2.05, 4.69) is 24.5 Å². The zero-order valence-electron chi connectivity index (χ0n) is 13.6. The summed E-state index contributed by atoms with van der Waals surface area (Å²) in [6.07, 6.45) is 0.900. The topological polar surface area (TPSA) is 87.7 Å². The second-order valence-corrected chi connectivity index (χ2v) is 6.25. The molecule has 1 fully saturated rings. The van der Waals surface area contributed by atoms with Gasteiger partial charge in [-0.05, 0) is 23.6 Å². The highest BCUT2D eigenvalue weighted by molar-refractivity contribution is 6.39. The van der Waals surface area contributed by atoms with Crippen LogP contribution in [0.1, 0.15) is 38.2 Å². The number of hydrogen-bond donors (Lipinski definition) is 3. The zero-order valence-corrected chi connectivity index (χ0v) is 13.6. The number of anilines is 1. The molecule has 0 aliphatic carbocycles. The van der Waals surface area contributed by atoms with E-state index in [1.807, 2.05) is 12.1 Å². The summed E-state index contributed by atoms with van der Waals surface area (Å²) >= 11 is 0. The molecular formula is C17H24N2O4. The van der Waals surface area contributed by atoms with Crippen molar-refractivity contribution in [2.75, 3.05) is 25.1 Å². The molecule has 23 heavy (non-hydrogen) atoms. The average Bonchev–Trinajstić information content (AvgIpc) is 2.54. The molecular weight excluding hydrogens is 296 g/mol. The van der Waals surface area contributed by atoms with Gasteiger partial charge < -0.3 is 20.5 Å². The Morgan fingerprint density at radius 2 is 1.78 bits per heavy atom. The van der Waals surface area contributed by atoms with E-state index in [1.54, 1.807) is 12.1 Å². The molecule has 0 saturated carbocycles. The van der Waals surface area contributed by atoms with Crippen LogP contribution in [-0.4, -0.2) is 42.3 Å². The van der Waals surface area contributed by atoms with E-state index in [9.17, 15) is 14.7 Å². The Kier molecular flexibility index (Phi) is 5.74. The molecule has 2 rings (SSSR count). The third-order valence-corrected chi connectivity index (χ3v) is 4.04. The van der Waals surface area contributed by atoms with Gasteiger partial charge in [0.15, 0.2) is 0 Å². The smallest absolute Gasteiger partial charge is 0.313 e. The predicted molar refractivity (Wildman–Crippen MR) is 87.2 cm³/mol. The Hall–Kier alpha value is -1.92. The monoisotopic (exact) mass is 320 g/mol. The number of hydrogen-bond acceptors (Lipinski definition) is 4. The lowest BCUT2D eigenvalue weighted by atomic mass is 9.94. The number of ether oxygens (including phenoxy) is 1. The van der Waals surface area contributed by atoms with E-state index in [0.29, 0.717) is 37.7 Å². The number of nitrogens with one attached hydrogen (secondary N) is 2. The minimum absolute atomic E-state index is 0.0505. The van der Waals surface area contributed by atoms with E-state index in [1.165, 1.54) is 0 Å². The molecule has 0 unspecified atom stereocenters. The van der Waals surface area contributed by atoms with Crippen LogP contribution >= 0.6 is 0 Å². The van der Waals surface area contributed by atoms with Crippen LogP contribution < -0.4 is 10.6 Å². The molecule has 2 amide bonds. The van der Waals surface area contributed by atoms with Crippen molar-refractivity contribution >= 4 is 17.5 Å². The van der Waals surface area contributed by atoms with Crippen molar-refractivity contribution in [1.82, 2.24) is 5.32 Å². The fourth-order valence-corrected chi connectivity index (χ4v) is 2.39. The summed E-state index contributed by atoms with van der Waals surface area (Å²) in [5, 5.41) is 15.3. The van der Waals surface area contributed by atoms with Gasteiger partial charge in [-0.15, -0.1) is 0 Å². The fraction of sp³-hybridized carbons (Fsp3) is 0.529. The molecule has 3 N–H and O–H groups in total. The van der Waals surface area contributed by atoms with Crippen LogP contribution in [-0.2, 0) is 14.3 Å². The first kappa shape index (κ1) is 17.4. The highest BCUT2D eigenvalue weighted by atomic mass is 16.5. The zero-order chi connectivity index (χ0) is 16.9. The molecule has 0 spiro atoms. The summed E-state index contributed by atoms with van der Waals surface area (Å²) in [6.45, 7) is 5.14. The first-order chi connectivity index (χ1) is 10.9.